The molecular weight excluding hydrogens is 522 g/mol. The first-order valence-corrected chi connectivity index (χ1v) is 11.1. The Balaban J connectivity index is 0.000000300. The number of nitrogens with two attached hydrogens (primary N) is 1. The van der Waals surface area contributed by atoms with Gasteiger partial charge in [-0.2, -0.15) is 10.5 Å². The van der Waals surface area contributed by atoms with Crippen LogP contribution in [0.15, 0.2) is 54.6 Å². The molecule has 12 heteroatoms. The molecule has 3 N–H and O–H groups in total. The van der Waals surface area contributed by atoms with E-state index in [1.54, 1.807) is 18.2 Å². The zero-order chi connectivity index (χ0) is 30.2. The van der Waals surface area contributed by atoms with Crippen molar-refractivity contribution in [1.82, 2.24) is 0 Å². The van der Waals surface area contributed by atoms with Gasteiger partial charge in [0.2, 0.25) is 0 Å². The van der Waals surface area contributed by atoms with E-state index >= 15 is 0 Å². The average Bonchev–Trinajstić information content (AvgIpc) is 2.99. The Kier molecular flexibility index (Phi) is 13.0. The van der Waals surface area contributed by atoms with Gasteiger partial charge in [0.15, 0.2) is 0 Å². The van der Waals surface area contributed by atoms with Crippen LogP contribution in [0.5, 0.6) is 17.2 Å². The number of carbonyl (C=O) groups excluding carboxylic acids is 2. The lowest BCUT2D eigenvalue weighted by Crippen LogP contribution is -2.04. The van der Waals surface area contributed by atoms with Crippen LogP contribution in [0.2, 0.25) is 0 Å². The van der Waals surface area contributed by atoms with Crippen LogP contribution >= 0.6 is 0 Å². The molecule has 0 radical (unpaired) electrons. The highest BCUT2D eigenvalue weighted by Crippen LogP contribution is 2.22. The molecule has 208 valence electrons. The van der Waals surface area contributed by atoms with Crippen LogP contribution in [0.1, 0.15) is 42.2 Å². The molecule has 0 aliphatic heterocycles. The molecule has 0 saturated heterocycles. The van der Waals surface area contributed by atoms with Crippen LogP contribution in [0.3, 0.4) is 0 Å². The van der Waals surface area contributed by atoms with Crippen LogP contribution < -0.4 is 19.9 Å². The van der Waals surface area contributed by atoms with E-state index in [9.17, 15) is 14.4 Å². The summed E-state index contributed by atoms with van der Waals surface area (Å²) in [5, 5.41) is 25.9. The maximum absolute atomic E-state index is 11.2. The molecule has 0 aliphatic carbocycles. The number of hydrogen-bond acceptors (Lipinski definition) is 11. The number of nitrogens with zero attached hydrogens (tertiary/aromatic N) is 2. The van der Waals surface area contributed by atoms with Crippen molar-refractivity contribution in [3.8, 4) is 29.4 Å². The Bertz CT molecular complexity index is 1440. The second kappa shape index (κ2) is 16.2. The lowest BCUT2D eigenvalue weighted by Gasteiger charge is -2.06. The monoisotopic (exact) mass is 549 g/mol. The Labute approximate surface area is 230 Å². The molecule has 0 atom stereocenters. The van der Waals surface area contributed by atoms with Gasteiger partial charge in [-0.3, -0.25) is 0 Å². The Morgan fingerprint density at radius 3 is 1.40 bits per heavy atom. The Morgan fingerprint density at radius 1 is 0.650 bits per heavy atom. The second-order valence-corrected chi connectivity index (χ2v) is 7.30. The van der Waals surface area contributed by atoms with Gasteiger partial charge in [-0.15, -0.1) is 0 Å². The minimum absolute atomic E-state index is 0.0569. The summed E-state index contributed by atoms with van der Waals surface area (Å²) in [5.41, 5.74) is 7.62. The summed E-state index contributed by atoms with van der Waals surface area (Å²) in [6.07, 6.45) is 0. The third kappa shape index (κ3) is 8.97. The maximum Gasteiger partial charge on any atom is 0.341 e. The largest absolute Gasteiger partial charge is 0.496 e. The first-order valence-electron chi connectivity index (χ1n) is 11.1. The average molecular weight is 550 g/mol. The van der Waals surface area contributed by atoms with E-state index in [0.29, 0.717) is 39.4 Å². The number of ether oxygens (including phenoxy) is 5. The molecular formula is C28H27N3O9. The third-order valence-corrected chi connectivity index (χ3v) is 4.93. The van der Waals surface area contributed by atoms with Crippen molar-refractivity contribution in [1.29, 1.82) is 10.5 Å². The van der Waals surface area contributed by atoms with Crippen molar-refractivity contribution in [3.63, 3.8) is 0 Å². The van der Waals surface area contributed by atoms with Gasteiger partial charge < -0.3 is 34.5 Å². The standard InChI is InChI=1S/C10H9NO3.C9H11NO3.C9H7NO3/c1-13-9-5-7(6-11)3-4-8(9)10(12)14-2;1-12-8-5-6(10)3-4-7(8)9(11)13-2;1-13-8-4-6(5-10)2-3-7(8)9(11)12/h3-5H,1-2H3;3-5H,10H2,1-2H3;2-4H,1H3,(H,11,12). The van der Waals surface area contributed by atoms with Crippen molar-refractivity contribution in [2.75, 3.05) is 41.3 Å². The number of carbonyl (C=O) groups is 3. The number of hydrogen-bond donors (Lipinski definition) is 2. The van der Waals surface area contributed by atoms with Gasteiger partial charge in [0.1, 0.15) is 33.9 Å². The Hall–Kier alpha value is -5.75. The predicted octanol–water partition coefficient (Wildman–Crippen LogP) is 3.68. The zero-order valence-corrected chi connectivity index (χ0v) is 22.4. The first kappa shape index (κ1) is 32.3. The fourth-order valence-electron chi connectivity index (χ4n) is 2.96. The lowest BCUT2D eigenvalue weighted by atomic mass is 10.1. The molecule has 0 saturated carbocycles. The molecule has 3 aromatic carbocycles. The van der Waals surface area contributed by atoms with Crippen LogP contribution in [-0.2, 0) is 9.47 Å². The number of nitriles is 2. The van der Waals surface area contributed by atoms with E-state index in [-0.39, 0.29) is 11.3 Å². The summed E-state index contributed by atoms with van der Waals surface area (Å²) in [5.74, 6) is -1.01. The van der Waals surface area contributed by atoms with Gasteiger partial charge in [0.05, 0.1) is 58.8 Å². The van der Waals surface area contributed by atoms with Crippen LogP contribution in [0, 0.1) is 22.7 Å². The van der Waals surface area contributed by atoms with E-state index in [0.717, 1.165) is 0 Å². The van der Waals surface area contributed by atoms with E-state index in [2.05, 4.69) is 9.47 Å². The third-order valence-electron chi connectivity index (χ3n) is 4.93. The van der Waals surface area contributed by atoms with Crippen LogP contribution in [0.4, 0.5) is 5.69 Å². The SMILES string of the molecule is COC(=O)c1ccc(C#N)cc1OC.COC(=O)c1ccc(N)cc1OC.COc1cc(C#N)ccc1C(=O)O. The van der Waals surface area contributed by atoms with Gasteiger partial charge in [-0.1, -0.05) is 0 Å². The fraction of sp³-hybridized carbons (Fsp3) is 0.179. The highest BCUT2D eigenvalue weighted by molar-refractivity contribution is 5.93. The van der Waals surface area contributed by atoms with E-state index in [1.807, 2.05) is 12.1 Å². The second-order valence-electron chi connectivity index (χ2n) is 7.30. The normalized spacial score (nSPS) is 9.07. The molecule has 0 aliphatic rings. The van der Waals surface area contributed by atoms with Gasteiger partial charge >= 0.3 is 17.9 Å². The van der Waals surface area contributed by atoms with Crippen molar-refractivity contribution >= 4 is 23.6 Å². The molecule has 40 heavy (non-hydrogen) atoms. The smallest absolute Gasteiger partial charge is 0.341 e. The number of anilines is 1. The van der Waals surface area contributed by atoms with Gasteiger partial charge in [0.25, 0.3) is 0 Å². The number of rotatable bonds is 6. The number of methoxy groups -OCH3 is 5. The first-order chi connectivity index (χ1) is 19.1. The molecule has 3 aromatic rings. The summed E-state index contributed by atoms with van der Waals surface area (Å²) in [4.78, 5) is 33.0. The minimum atomic E-state index is -1.07. The van der Waals surface area contributed by atoms with Crippen LogP contribution in [0.25, 0.3) is 0 Å². The summed E-state index contributed by atoms with van der Waals surface area (Å²) >= 11 is 0. The zero-order valence-electron chi connectivity index (χ0n) is 22.4. The van der Waals surface area contributed by atoms with Gasteiger partial charge in [-0.05, 0) is 48.5 Å². The molecule has 0 bridgehead atoms. The van der Waals surface area contributed by atoms with E-state index < -0.39 is 17.9 Å². The number of carboxylic acids is 1. The minimum Gasteiger partial charge on any atom is -0.496 e. The predicted molar refractivity (Wildman–Crippen MR) is 142 cm³/mol. The number of carboxylic acid groups (broad SMARTS) is 1. The molecule has 0 heterocycles. The highest BCUT2D eigenvalue weighted by Gasteiger charge is 2.13. The van der Waals surface area contributed by atoms with E-state index in [4.69, 9.17) is 35.6 Å². The molecule has 0 unspecified atom stereocenters. The van der Waals surface area contributed by atoms with Crippen molar-refractivity contribution in [2.45, 2.75) is 0 Å². The molecule has 0 fully saturated rings. The molecule has 0 spiro atoms. The quantitative estimate of drug-likeness (QED) is 0.335. The summed E-state index contributed by atoms with van der Waals surface area (Å²) in [6.45, 7) is 0. The summed E-state index contributed by atoms with van der Waals surface area (Å²) in [6, 6.07) is 17.3. The van der Waals surface area contributed by atoms with Crippen molar-refractivity contribution in [3.05, 3.63) is 82.4 Å². The number of esters is 2. The Morgan fingerprint density at radius 2 is 1.02 bits per heavy atom. The number of benzene rings is 3. The summed E-state index contributed by atoms with van der Waals surface area (Å²) in [7, 11) is 6.88. The molecule has 0 amide bonds. The number of aromatic carboxylic acids is 1. The lowest BCUT2D eigenvalue weighted by molar-refractivity contribution is 0.0588. The van der Waals surface area contributed by atoms with Gasteiger partial charge in [-0.25, -0.2) is 14.4 Å². The maximum atomic E-state index is 11.2. The molecule has 0 aromatic heterocycles. The highest BCUT2D eigenvalue weighted by atomic mass is 16.5. The molecule has 12 nitrogen and oxygen atoms in total. The molecule has 3 rings (SSSR count). The van der Waals surface area contributed by atoms with E-state index in [1.165, 1.54) is 71.9 Å². The van der Waals surface area contributed by atoms with Crippen molar-refractivity contribution in [2.24, 2.45) is 0 Å². The summed E-state index contributed by atoms with van der Waals surface area (Å²) < 4.78 is 23.9. The van der Waals surface area contributed by atoms with Crippen LogP contribution in [-0.4, -0.2) is 58.6 Å². The topological polar surface area (TPSA) is 191 Å². The van der Waals surface area contributed by atoms with Crippen molar-refractivity contribution < 1.29 is 43.2 Å². The van der Waals surface area contributed by atoms with Gasteiger partial charge in [0, 0.05) is 11.8 Å². The number of nitrogen functional groups attached to an aromatic ring is 1. The fourth-order valence-corrected chi connectivity index (χ4v) is 2.96.